The minimum absolute atomic E-state index is 0.0872. The van der Waals surface area contributed by atoms with Crippen molar-refractivity contribution in [2.45, 2.75) is 12.7 Å². The molecule has 0 radical (unpaired) electrons. The third-order valence-electron chi connectivity index (χ3n) is 2.65. The highest BCUT2D eigenvalue weighted by molar-refractivity contribution is 9.10. The Bertz CT molecular complexity index is 365. The first kappa shape index (κ1) is 15.5. The predicted octanol–water partition coefficient (Wildman–Crippen LogP) is 3.02. The molecule has 6 heteroatoms. The van der Waals surface area contributed by atoms with E-state index < -0.39 is 12.1 Å². The molecule has 0 amide bonds. The average molecular weight is 325 g/mol. The summed E-state index contributed by atoms with van der Waals surface area (Å²) in [5.41, 5.74) is 6.14. The molecular weight excluding hydrogens is 309 g/mol. The van der Waals surface area contributed by atoms with Crippen LogP contribution in [0.3, 0.4) is 0 Å². The van der Waals surface area contributed by atoms with Crippen LogP contribution in [0, 0.1) is 5.92 Å². The summed E-state index contributed by atoms with van der Waals surface area (Å²) in [5.74, 6) is -1.47. The summed E-state index contributed by atoms with van der Waals surface area (Å²) in [7, 11) is 1.66. The maximum absolute atomic E-state index is 12.6. The number of nitrogens with zero attached hydrogens (tertiary/aromatic N) is 1. The van der Waals surface area contributed by atoms with E-state index in [-0.39, 0.29) is 13.1 Å². The van der Waals surface area contributed by atoms with Crippen LogP contribution in [0.4, 0.5) is 13.2 Å². The van der Waals surface area contributed by atoms with Crippen LogP contribution in [-0.2, 0) is 6.54 Å². The highest BCUT2D eigenvalue weighted by Gasteiger charge is 2.38. The Balaban J connectivity index is 2.55. The van der Waals surface area contributed by atoms with Gasteiger partial charge in [-0.15, -0.1) is 0 Å². The van der Waals surface area contributed by atoms with Crippen molar-refractivity contribution in [1.82, 2.24) is 4.90 Å². The summed E-state index contributed by atoms with van der Waals surface area (Å²) in [4.78, 5) is 1.63. The minimum atomic E-state index is -4.23. The molecule has 0 bridgehead atoms. The van der Waals surface area contributed by atoms with Crippen molar-refractivity contribution < 1.29 is 13.2 Å². The Hall–Kier alpha value is -0.590. The average Bonchev–Trinajstić information content (AvgIpc) is 2.27. The first-order valence-corrected chi connectivity index (χ1v) is 6.32. The highest BCUT2D eigenvalue weighted by Crippen LogP contribution is 2.26. The Morgan fingerprint density at radius 3 is 2.28 bits per heavy atom. The van der Waals surface area contributed by atoms with Gasteiger partial charge in [0, 0.05) is 24.1 Å². The summed E-state index contributed by atoms with van der Waals surface area (Å²) in [6.07, 6.45) is -4.23. The molecule has 1 aromatic carbocycles. The Labute approximate surface area is 113 Å². The van der Waals surface area contributed by atoms with Gasteiger partial charge in [0.05, 0.1) is 5.92 Å². The number of hydrogen-bond donors (Lipinski definition) is 1. The number of nitrogens with two attached hydrogens (primary N) is 1. The minimum Gasteiger partial charge on any atom is -0.330 e. The SMILES string of the molecule is CN(Cc1ccc(Br)cc1)CC(CN)C(F)(F)F. The predicted molar refractivity (Wildman–Crippen MR) is 69.1 cm³/mol. The lowest BCUT2D eigenvalue weighted by atomic mass is 10.1. The molecule has 1 atom stereocenters. The molecule has 0 aromatic heterocycles. The van der Waals surface area contributed by atoms with Crippen molar-refractivity contribution in [1.29, 1.82) is 0 Å². The fourth-order valence-corrected chi connectivity index (χ4v) is 1.92. The van der Waals surface area contributed by atoms with Crippen LogP contribution in [-0.4, -0.2) is 31.2 Å². The van der Waals surface area contributed by atoms with Gasteiger partial charge >= 0.3 is 6.18 Å². The van der Waals surface area contributed by atoms with E-state index in [2.05, 4.69) is 15.9 Å². The second kappa shape index (κ2) is 6.54. The van der Waals surface area contributed by atoms with E-state index in [0.717, 1.165) is 10.0 Å². The van der Waals surface area contributed by atoms with Gasteiger partial charge < -0.3 is 10.6 Å². The number of benzene rings is 1. The van der Waals surface area contributed by atoms with Crippen LogP contribution >= 0.6 is 15.9 Å². The molecule has 1 unspecified atom stereocenters. The quantitative estimate of drug-likeness (QED) is 0.902. The molecule has 18 heavy (non-hydrogen) atoms. The maximum atomic E-state index is 12.6. The van der Waals surface area contributed by atoms with Crippen LogP contribution in [0.25, 0.3) is 0 Å². The van der Waals surface area contributed by atoms with Crippen molar-refractivity contribution >= 4 is 15.9 Å². The Morgan fingerprint density at radius 1 is 1.28 bits per heavy atom. The monoisotopic (exact) mass is 324 g/mol. The summed E-state index contributed by atoms with van der Waals surface area (Å²) >= 11 is 3.31. The molecule has 0 spiro atoms. The number of rotatable bonds is 5. The molecule has 2 N–H and O–H groups in total. The summed E-state index contributed by atoms with van der Waals surface area (Å²) < 4.78 is 38.6. The molecule has 0 saturated carbocycles. The third-order valence-corrected chi connectivity index (χ3v) is 3.17. The first-order valence-electron chi connectivity index (χ1n) is 5.52. The smallest absolute Gasteiger partial charge is 0.330 e. The lowest BCUT2D eigenvalue weighted by Crippen LogP contribution is -2.39. The van der Waals surface area contributed by atoms with E-state index >= 15 is 0 Å². The number of hydrogen-bond acceptors (Lipinski definition) is 2. The molecule has 0 fully saturated rings. The summed E-state index contributed by atoms with van der Waals surface area (Å²) in [5, 5.41) is 0. The van der Waals surface area contributed by atoms with Crippen molar-refractivity contribution in [2.75, 3.05) is 20.1 Å². The van der Waals surface area contributed by atoms with Crippen molar-refractivity contribution in [3.8, 4) is 0 Å². The van der Waals surface area contributed by atoms with E-state index in [9.17, 15) is 13.2 Å². The highest BCUT2D eigenvalue weighted by atomic mass is 79.9. The van der Waals surface area contributed by atoms with Crippen molar-refractivity contribution in [2.24, 2.45) is 11.7 Å². The fraction of sp³-hybridized carbons (Fsp3) is 0.500. The van der Waals surface area contributed by atoms with E-state index in [0.29, 0.717) is 6.54 Å². The molecule has 2 nitrogen and oxygen atoms in total. The van der Waals surface area contributed by atoms with Gasteiger partial charge in [-0.25, -0.2) is 0 Å². The summed E-state index contributed by atoms with van der Waals surface area (Å²) in [6, 6.07) is 7.50. The van der Waals surface area contributed by atoms with Gasteiger partial charge in [0.25, 0.3) is 0 Å². The second-order valence-corrected chi connectivity index (χ2v) is 5.21. The molecule has 0 heterocycles. The maximum Gasteiger partial charge on any atom is 0.394 e. The molecule has 0 saturated heterocycles. The van der Waals surface area contributed by atoms with Gasteiger partial charge in [-0.1, -0.05) is 28.1 Å². The van der Waals surface area contributed by atoms with Crippen LogP contribution < -0.4 is 5.73 Å². The zero-order chi connectivity index (χ0) is 13.8. The molecule has 0 aliphatic heterocycles. The van der Waals surface area contributed by atoms with E-state index in [4.69, 9.17) is 5.73 Å². The molecule has 1 aromatic rings. The Kier molecular flexibility index (Phi) is 5.62. The topological polar surface area (TPSA) is 29.3 Å². The number of halogens is 4. The second-order valence-electron chi connectivity index (χ2n) is 4.30. The van der Waals surface area contributed by atoms with Crippen LogP contribution in [0.5, 0.6) is 0 Å². The normalized spacial score (nSPS) is 13.9. The van der Waals surface area contributed by atoms with Crippen molar-refractivity contribution in [3.63, 3.8) is 0 Å². The molecule has 102 valence electrons. The largest absolute Gasteiger partial charge is 0.394 e. The van der Waals surface area contributed by atoms with E-state index in [1.165, 1.54) is 0 Å². The van der Waals surface area contributed by atoms with Crippen molar-refractivity contribution in [3.05, 3.63) is 34.3 Å². The third kappa shape index (κ3) is 4.96. The standard InChI is InChI=1S/C12H16BrF3N2/c1-18(8-10(6-17)12(14,15)16)7-9-2-4-11(13)5-3-9/h2-5,10H,6-8,17H2,1H3. The Morgan fingerprint density at radius 2 is 1.83 bits per heavy atom. The lowest BCUT2D eigenvalue weighted by Gasteiger charge is -2.25. The van der Waals surface area contributed by atoms with Gasteiger partial charge in [-0.3, -0.25) is 0 Å². The first-order chi connectivity index (χ1) is 8.32. The molecule has 0 aliphatic carbocycles. The van der Waals surface area contributed by atoms with Gasteiger partial charge in [-0.2, -0.15) is 13.2 Å². The zero-order valence-corrected chi connectivity index (χ0v) is 11.6. The van der Waals surface area contributed by atoms with Gasteiger partial charge in [0.2, 0.25) is 0 Å². The number of alkyl halides is 3. The zero-order valence-electron chi connectivity index (χ0n) is 10.0. The van der Waals surface area contributed by atoms with E-state index in [1.54, 1.807) is 11.9 Å². The van der Waals surface area contributed by atoms with Crippen LogP contribution in [0.2, 0.25) is 0 Å². The lowest BCUT2D eigenvalue weighted by molar-refractivity contribution is -0.175. The van der Waals surface area contributed by atoms with E-state index in [1.807, 2.05) is 24.3 Å². The van der Waals surface area contributed by atoms with Gasteiger partial charge in [0.1, 0.15) is 0 Å². The molecule has 0 aliphatic rings. The fourth-order valence-electron chi connectivity index (χ4n) is 1.65. The summed E-state index contributed by atoms with van der Waals surface area (Å²) in [6.45, 7) is 0.00407. The molecular formula is C12H16BrF3N2. The van der Waals surface area contributed by atoms with Crippen LogP contribution in [0.15, 0.2) is 28.7 Å². The van der Waals surface area contributed by atoms with Gasteiger partial charge in [0.15, 0.2) is 0 Å². The van der Waals surface area contributed by atoms with Gasteiger partial charge in [-0.05, 0) is 24.7 Å². The molecule has 1 rings (SSSR count). The van der Waals surface area contributed by atoms with Crippen LogP contribution in [0.1, 0.15) is 5.56 Å².